The summed E-state index contributed by atoms with van der Waals surface area (Å²) in [6.45, 7) is 0.510. The van der Waals surface area contributed by atoms with Crippen molar-refractivity contribution in [1.82, 2.24) is 14.1 Å². The van der Waals surface area contributed by atoms with Crippen LogP contribution in [0.4, 0.5) is 5.69 Å². The van der Waals surface area contributed by atoms with E-state index in [1.165, 1.54) is 49.4 Å². The van der Waals surface area contributed by atoms with Crippen LogP contribution in [0.25, 0.3) is 0 Å². The first-order chi connectivity index (χ1) is 10.8. The van der Waals surface area contributed by atoms with Gasteiger partial charge in [0.2, 0.25) is 10.0 Å². The number of nitro groups is 1. The molecule has 124 valence electrons. The molecule has 0 aliphatic carbocycles. The third kappa shape index (κ3) is 4.05. The molecular weight excluding hydrogens is 324 g/mol. The number of non-ortho nitro benzene ring substituents is 1. The zero-order valence-corrected chi connectivity index (χ0v) is 13.4. The Bertz CT molecular complexity index is 800. The molecule has 2 rings (SSSR count). The second-order valence-corrected chi connectivity index (χ2v) is 6.98. The van der Waals surface area contributed by atoms with Gasteiger partial charge in [-0.05, 0) is 6.07 Å². The summed E-state index contributed by atoms with van der Waals surface area (Å²) in [6, 6.07) is 5.84. The van der Waals surface area contributed by atoms with E-state index in [2.05, 4.69) is 5.10 Å². The minimum Gasteiger partial charge on any atom is -0.491 e. The standard InChI is InChI=1S/C13H16N4O5S/c1-15(2)23(20,21)13-9-14-16(10-13)6-7-22-12-5-3-4-11(8-12)17(18)19/h3-5,8-10H,6-7H2,1-2H3. The molecule has 23 heavy (non-hydrogen) atoms. The van der Waals surface area contributed by atoms with E-state index in [4.69, 9.17) is 4.74 Å². The van der Waals surface area contributed by atoms with Gasteiger partial charge in [0.05, 0.1) is 23.7 Å². The lowest BCUT2D eigenvalue weighted by molar-refractivity contribution is -0.384. The van der Waals surface area contributed by atoms with Crippen LogP contribution in [0, 0.1) is 10.1 Å². The van der Waals surface area contributed by atoms with Gasteiger partial charge >= 0.3 is 0 Å². The molecule has 0 fully saturated rings. The molecule has 0 saturated heterocycles. The highest BCUT2D eigenvalue weighted by atomic mass is 32.2. The number of hydrogen-bond acceptors (Lipinski definition) is 6. The second-order valence-electron chi connectivity index (χ2n) is 4.83. The van der Waals surface area contributed by atoms with Crippen LogP contribution in [0.1, 0.15) is 0 Å². The van der Waals surface area contributed by atoms with Gasteiger partial charge in [-0.25, -0.2) is 12.7 Å². The summed E-state index contributed by atoms with van der Waals surface area (Å²) >= 11 is 0. The van der Waals surface area contributed by atoms with Crippen molar-refractivity contribution < 1.29 is 18.1 Å². The number of sulfonamides is 1. The zero-order chi connectivity index (χ0) is 17.0. The Hall–Kier alpha value is -2.46. The normalized spacial score (nSPS) is 11.6. The molecule has 0 aliphatic heterocycles. The van der Waals surface area contributed by atoms with E-state index in [1.807, 2.05) is 0 Å². The number of hydrogen-bond donors (Lipinski definition) is 0. The van der Waals surface area contributed by atoms with Gasteiger partial charge in [-0.2, -0.15) is 5.10 Å². The first-order valence-electron chi connectivity index (χ1n) is 6.63. The van der Waals surface area contributed by atoms with Gasteiger partial charge in [0.15, 0.2) is 0 Å². The molecule has 0 N–H and O–H groups in total. The van der Waals surface area contributed by atoms with Crippen molar-refractivity contribution in [2.75, 3.05) is 20.7 Å². The molecule has 0 spiro atoms. The number of nitro benzene ring substituents is 1. The van der Waals surface area contributed by atoms with Crippen molar-refractivity contribution in [2.45, 2.75) is 11.4 Å². The van der Waals surface area contributed by atoms with Gasteiger partial charge in [0.25, 0.3) is 5.69 Å². The van der Waals surface area contributed by atoms with Crippen molar-refractivity contribution in [3.8, 4) is 5.75 Å². The van der Waals surface area contributed by atoms with E-state index in [0.717, 1.165) is 4.31 Å². The van der Waals surface area contributed by atoms with Crippen molar-refractivity contribution in [2.24, 2.45) is 0 Å². The van der Waals surface area contributed by atoms with E-state index >= 15 is 0 Å². The molecule has 1 aromatic heterocycles. The fourth-order valence-corrected chi connectivity index (χ4v) is 2.61. The predicted molar refractivity (Wildman–Crippen MR) is 81.7 cm³/mol. The second kappa shape index (κ2) is 6.75. The molecule has 10 heteroatoms. The molecule has 1 aromatic carbocycles. The molecule has 2 aromatic rings. The fourth-order valence-electron chi connectivity index (χ4n) is 1.75. The Morgan fingerprint density at radius 2 is 2.13 bits per heavy atom. The summed E-state index contributed by atoms with van der Waals surface area (Å²) in [4.78, 5) is 10.3. The van der Waals surface area contributed by atoms with E-state index in [0.29, 0.717) is 12.3 Å². The van der Waals surface area contributed by atoms with Crippen molar-refractivity contribution in [3.05, 3.63) is 46.8 Å². The van der Waals surface area contributed by atoms with Crippen molar-refractivity contribution in [3.63, 3.8) is 0 Å². The lowest BCUT2D eigenvalue weighted by Crippen LogP contribution is -2.21. The number of aromatic nitrogens is 2. The minimum atomic E-state index is -3.51. The Balaban J connectivity index is 1.96. The lowest BCUT2D eigenvalue weighted by atomic mass is 10.3. The molecule has 0 saturated carbocycles. The molecule has 0 aliphatic rings. The number of nitrogens with zero attached hydrogens (tertiary/aromatic N) is 4. The van der Waals surface area contributed by atoms with Gasteiger partial charge in [-0.1, -0.05) is 6.07 Å². The Morgan fingerprint density at radius 3 is 2.78 bits per heavy atom. The smallest absolute Gasteiger partial charge is 0.273 e. The zero-order valence-electron chi connectivity index (χ0n) is 12.6. The first-order valence-corrected chi connectivity index (χ1v) is 8.07. The van der Waals surface area contributed by atoms with Crippen LogP contribution in [-0.2, 0) is 16.6 Å². The monoisotopic (exact) mass is 340 g/mol. The van der Waals surface area contributed by atoms with Gasteiger partial charge in [-0.15, -0.1) is 0 Å². The average Bonchev–Trinajstić information content (AvgIpc) is 2.97. The summed E-state index contributed by atoms with van der Waals surface area (Å²) in [5.41, 5.74) is -0.0547. The Kier molecular flexibility index (Phi) is 4.96. The molecule has 0 radical (unpaired) electrons. The molecule has 0 atom stereocenters. The molecule has 0 unspecified atom stereocenters. The van der Waals surface area contributed by atoms with E-state index < -0.39 is 14.9 Å². The van der Waals surface area contributed by atoms with Crippen LogP contribution in [-0.4, -0.2) is 48.1 Å². The van der Waals surface area contributed by atoms with Crippen molar-refractivity contribution >= 4 is 15.7 Å². The third-order valence-electron chi connectivity index (χ3n) is 3.01. The van der Waals surface area contributed by atoms with E-state index in [9.17, 15) is 18.5 Å². The topological polar surface area (TPSA) is 108 Å². The third-order valence-corrected chi connectivity index (χ3v) is 4.77. The lowest BCUT2D eigenvalue weighted by Gasteiger charge is -2.08. The number of benzene rings is 1. The minimum absolute atomic E-state index is 0.0547. The first kappa shape index (κ1) is 16.9. The highest BCUT2D eigenvalue weighted by Crippen LogP contribution is 2.19. The maximum absolute atomic E-state index is 11.9. The fraction of sp³-hybridized carbons (Fsp3) is 0.308. The summed E-state index contributed by atoms with van der Waals surface area (Å²) in [6.07, 6.45) is 2.68. The summed E-state index contributed by atoms with van der Waals surface area (Å²) in [5, 5.41) is 14.6. The van der Waals surface area contributed by atoms with Crippen LogP contribution >= 0.6 is 0 Å². The van der Waals surface area contributed by atoms with Gasteiger partial charge in [0, 0.05) is 26.4 Å². The predicted octanol–water partition coefficient (Wildman–Crippen LogP) is 1.12. The van der Waals surface area contributed by atoms with Gasteiger partial charge in [-0.3, -0.25) is 14.8 Å². The van der Waals surface area contributed by atoms with Crippen LogP contribution in [0.15, 0.2) is 41.6 Å². The van der Waals surface area contributed by atoms with Crippen LogP contribution in [0.3, 0.4) is 0 Å². The van der Waals surface area contributed by atoms with Crippen LogP contribution in [0.5, 0.6) is 5.75 Å². The molecule has 0 amide bonds. The van der Waals surface area contributed by atoms with Crippen molar-refractivity contribution in [1.29, 1.82) is 0 Å². The summed E-state index contributed by atoms with van der Waals surface area (Å²) < 4.78 is 31.8. The highest BCUT2D eigenvalue weighted by molar-refractivity contribution is 7.89. The Morgan fingerprint density at radius 1 is 1.39 bits per heavy atom. The molecule has 9 nitrogen and oxygen atoms in total. The maximum Gasteiger partial charge on any atom is 0.273 e. The number of ether oxygens (including phenoxy) is 1. The van der Waals surface area contributed by atoms with E-state index in [-0.39, 0.29) is 17.2 Å². The summed E-state index contributed by atoms with van der Waals surface area (Å²) in [5.74, 6) is 0.368. The highest BCUT2D eigenvalue weighted by Gasteiger charge is 2.19. The van der Waals surface area contributed by atoms with Crippen LogP contribution < -0.4 is 4.74 Å². The SMILES string of the molecule is CN(C)S(=O)(=O)c1cnn(CCOc2cccc([N+](=O)[O-])c2)c1. The largest absolute Gasteiger partial charge is 0.491 e. The maximum atomic E-state index is 11.9. The molecule has 1 heterocycles. The molecule has 0 bridgehead atoms. The molecular formula is C13H16N4O5S. The van der Waals surface area contributed by atoms with Gasteiger partial charge in [0.1, 0.15) is 17.3 Å². The Labute approximate surface area is 133 Å². The van der Waals surface area contributed by atoms with Gasteiger partial charge < -0.3 is 4.74 Å². The number of rotatable bonds is 7. The van der Waals surface area contributed by atoms with Crippen LogP contribution in [0.2, 0.25) is 0 Å². The van der Waals surface area contributed by atoms with E-state index in [1.54, 1.807) is 6.07 Å². The summed E-state index contributed by atoms with van der Waals surface area (Å²) in [7, 11) is -0.629. The quantitative estimate of drug-likeness (QED) is 0.552. The average molecular weight is 340 g/mol.